The van der Waals surface area contributed by atoms with Crippen molar-refractivity contribution in [2.24, 2.45) is 0 Å². The molecule has 2 aromatic carbocycles. The lowest BCUT2D eigenvalue weighted by Gasteiger charge is -2.26. The molecule has 0 spiro atoms. The van der Waals surface area contributed by atoms with E-state index in [2.05, 4.69) is 15.5 Å². The zero-order valence-electron chi connectivity index (χ0n) is 15.6. The topological polar surface area (TPSA) is 79.6 Å². The molecule has 1 heterocycles. The number of carbonyl (C=O) groups is 1. The van der Waals surface area contributed by atoms with Gasteiger partial charge in [-0.15, -0.1) is 0 Å². The number of nitrogens with one attached hydrogen (secondary N) is 2. The van der Waals surface area contributed by atoms with Crippen molar-refractivity contribution < 1.29 is 9.53 Å². The van der Waals surface area contributed by atoms with E-state index in [1.807, 2.05) is 36.4 Å². The lowest BCUT2D eigenvalue weighted by Crippen LogP contribution is -2.37. The Kier molecular flexibility index (Phi) is 7.21. The highest BCUT2D eigenvalue weighted by Crippen LogP contribution is 2.18. The maximum Gasteiger partial charge on any atom is 0.255 e. The molecule has 0 radical (unpaired) electrons. The molecule has 0 unspecified atom stereocenters. The molecule has 1 aliphatic heterocycles. The summed E-state index contributed by atoms with van der Waals surface area (Å²) in [6, 6.07) is 14.9. The van der Waals surface area contributed by atoms with E-state index < -0.39 is 0 Å². The Labute approximate surface area is 160 Å². The van der Waals surface area contributed by atoms with Crippen molar-refractivity contribution in [2.45, 2.75) is 13.0 Å². The van der Waals surface area contributed by atoms with Gasteiger partial charge >= 0.3 is 0 Å². The maximum absolute atomic E-state index is 12.3. The highest BCUT2D eigenvalue weighted by Gasteiger charge is 2.09. The van der Waals surface area contributed by atoms with Crippen LogP contribution in [0.1, 0.15) is 22.3 Å². The average Bonchev–Trinajstić information content (AvgIpc) is 2.71. The van der Waals surface area contributed by atoms with Crippen molar-refractivity contribution in [3.63, 3.8) is 0 Å². The lowest BCUT2D eigenvalue weighted by molar-refractivity contribution is 0.0374. The van der Waals surface area contributed by atoms with Gasteiger partial charge in [-0.05, 0) is 49.3 Å². The number of nitrogen functional groups attached to an aromatic ring is 1. The van der Waals surface area contributed by atoms with Crippen LogP contribution >= 0.6 is 0 Å². The molecule has 1 saturated heterocycles. The highest BCUT2D eigenvalue weighted by molar-refractivity contribution is 6.05. The number of hydrogen-bond acceptors (Lipinski definition) is 5. The summed E-state index contributed by atoms with van der Waals surface area (Å²) in [5.41, 5.74) is 8.84. The number of anilines is 2. The summed E-state index contributed by atoms with van der Waals surface area (Å²) in [6.45, 7) is 6.67. The van der Waals surface area contributed by atoms with Crippen molar-refractivity contribution in [3.8, 4) is 0 Å². The zero-order valence-corrected chi connectivity index (χ0v) is 15.6. The fourth-order valence-electron chi connectivity index (χ4n) is 3.06. The summed E-state index contributed by atoms with van der Waals surface area (Å²) in [4.78, 5) is 14.8. The SMILES string of the molecule is Nc1ccccc1NC(=O)c1ccc(CNCCCN2CCOCC2)cc1. The van der Waals surface area contributed by atoms with Gasteiger partial charge in [0.25, 0.3) is 5.91 Å². The van der Waals surface area contributed by atoms with Crippen molar-refractivity contribution in [3.05, 3.63) is 59.7 Å². The Morgan fingerprint density at radius 1 is 1.07 bits per heavy atom. The molecular formula is C21H28N4O2. The quantitative estimate of drug-likeness (QED) is 0.492. The lowest BCUT2D eigenvalue weighted by atomic mass is 10.1. The number of rotatable bonds is 8. The number of nitrogens with zero attached hydrogens (tertiary/aromatic N) is 1. The molecule has 4 N–H and O–H groups in total. The smallest absolute Gasteiger partial charge is 0.255 e. The van der Waals surface area contributed by atoms with Crippen LogP contribution in [-0.4, -0.2) is 50.2 Å². The van der Waals surface area contributed by atoms with Gasteiger partial charge in [0.05, 0.1) is 24.6 Å². The minimum atomic E-state index is -0.155. The van der Waals surface area contributed by atoms with Gasteiger partial charge in [-0.1, -0.05) is 24.3 Å². The standard InChI is InChI=1S/C21H28N4O2/c22-19-4-1-2-5-20(19)24-21(26)18-8-6-17(7-9-18)16-23-10-3-11-25-12-14-27-15-13-25/h1-2,4-9,23H,3,10-16,22H2,(H,24,26). The molecule has 1 amide bonds. The number of benzene rings is 2. The van der Waals surface area contributed by atoms with Gasteiger partial charge in [0.2, 0.25) is 0 Å². The monoisotopic (exact) mass is 368 g/mol. The molecule has 1 aliphatic rings. The number of morpholine rings is 1. The van der Waals surface area contributed by atoms with Gasteiger partial charge in [0, 0.05) is 25.2 Å². The largest absolute Gasteiger partial charge is 0.397 e. The van der Waals surface area contributed by atoms with Crippen LogP contribution in [0.5, 0.6) is 0 Å². The Morgan fingerprint density at radius 3 is 2.56 bits per heavy atom. The van der Waals surface area contributed by atoms with Crippen molar-refractivity contribution >= 4 is 17.3 Å². The van der Waals surface area contributed by atoms with E-state index in [1.54, 1.807) is 12.1 Å². The van der Waals surface area contributed by atoms with Crippen LogP contribution in [-0.2, 0) is 11.3 Å². The first-order chi connectivity index (χ1) is 13.2. The van der Waals surface area contributed by atoms with E-state index in [-0.39, 0.29) is 5.91 Å². The third kappa shape index (κ3) is 6.06. The number of carbonyl (C=O) groups excluding carboxylic acids is 1. The number of para-hydroxylation sites is 2. The summed E-state index contributed by atoms with van der Waals surface area (Å²) in [6.07, 6.45) is 1.12. The van der Waals surface area contributed by atoms with E-state index in [4.69, 9.17) is 10.5 Å². The second kappa shape index (κ2) is 10.1. The minimum Gasteiger partial charge on any atom is -0.397 e. The molecule has 6 heteroatoms. The first kappa shape index (κ1) is 19.4. The van der Waals surface area contributed by atoms with Gasteiger partial charge < -0.3 is 21.1 Å². The van der Waals surface area contributed by atoms with E-state index >= 15 is 0 Å². The predicted octanol–water partition coefficient (Wildman–Crippen LogP) is 2.33. The first-order valence-corrected chi connectivity index (χ1v) is 9.48. The molecule has 1 fully saturated rings. The fraction of sp³-hybridized carbons (Fsp3) is 0.381. The Bertz CT molecular complexity index is 727. The van der Waals surface area contributed by atoms with Crippen molar-refractivity contribution in [2.75, 3.05) is 50.4 Å². The Balaban J connectivity index is 1.39. The van der Waals surface area contributed by atoms with Gasteiger partial charge in [-0.3, -0.25) is 9.69 Å². The Hall–Kier alpha value is -2.41. The van der Waals surface area contributed by atoms with Crippen LogP contribution < -0.4 is 16.4 Å². The van der Waals surface area contributed by atoms with Crippen LogP contribution in [0, 0.1) is 0 Å². The molecular weight excluding hydrogens is 340 g/mol. The summed E-state index contributed by atoms with van der Waals surface area (Å²) in [5.74, 6) is -0.155. The minimum absolute atomic E-state index is 0.155. The normalized spacial score (nSPS) is 14.8. The summed E-state index contributed by atoms with van der Waals surface area (Å²) >= 11 is 0. The second-order valence-corrected chi connectivity index (χ2v) is 6.72. The molecule has 0 atom stereocenters. The van der Waals surface area contributed by atoms with Gasteiger partial charge in [0.1, 0.15) is 0 Å². The third-order valence-electron chi connectivity index (χ3n) is 4.69. The molecule has 144 valence electrons. The number of hydrogen-bond donors (Lipinski definition) is 3. The van der Waals surface area contributed by atoms with Crippen LogP contribution in [0.25, 0.3) is 0 Å². The number of ether oxygens (including phenoxy) is 1. The van der Waals surface area contributed by atoms with Crippen LogP contribution in [0.2, 0.25) is 0 Å². The Morgan fingerprint density at radius 2 is 1.81 bits per heavy atom. The fourth-order valence-corrected chi connectivity index (χ4v) is 3.06. The van der Waals surface area contributed by atoms with Crippen LogP contribution in [0.3, 0.4) is 0 Å². The summed E-state index contributed by atoms with van der Waals surface area (Å²) in [5, 5.41) is 6.31. The molecule has 2 aromatic rings. The molecule has 0 saturated carbocycles. The van der Waals surface area contributed by atoms with E-state index in [0.29, 0.717) is 16.9 Å². The molecule has 0 bridgehead atoms. The molecule has 0 aliphatic carbocycles. The van der Waals surface area contributed by atoms with Crippen molar-refractivity contribution in [1.82, 2.24) is 10.2 Å². The maximum atomic E-state index is 12.3. The van der Waals surface area contributed by atoms with Gasteiger partial charge in [-0.2, -0.15) is 0 Å². The first-order valence-electron chi connectivity index (χ1n) is 9.48. The van der Waals surface area contributed by atoms with Crippen LogP contribution in [0.15, 0.2) is 48.5 Å². The predicted molar refractivity (Wildman–Crippen MR) is 109 cm³/mol. The van der Waals surface area contributed by atoms with E-state index in [0.717, 1.165) is 57.9 Å². The van der Waals surface area contributed by atoms with Gasteiger partial charge in [-0.25, -0.2) is 0 Å². The highest BCUT2D eigenvalue weighted by atomic mass is 16.5. The van der Waals surface area contributed by atoms with E-state index in [1.165, 1.54) is 0 Å². The molecule has 6 nitrogen and oxygen atoms in total. The van der Waals surface area contributed by atoms with Crippen LogP contribution in [0.4, 0.5) is 11.4 Å². The number of nitrogens with two attached hydrogens (primary N) is 1. The van der Waals surface area contributed by atoms with E-state index in [9.17, 15) is 4.79 Å². The summed E-state index contributed by atoms with van der Waals surface area (Å²) < 4.78 is 5.36. The third-order valence-corrected chi connectivity index (χ3v) is 4.69. The molecule has 0 aromatic heterocycles. The molecule has 3 rings (SSSR count). The van der Waals surface area contributed by atoms with Gasteiger partial charge in [0.15, 0.2) is 0 Å². The average molecular weight is 368 g/mol. The zero-order chi connectivity index (χ0) is 18.9. The molecule has 27 heavy (non-hydrogen) atoms. The second-order valence-electron chi connectivity index (χ2n) is 6.72. The number of amides is 1. The summed E-state index contributed by atoms with van der Waals surface area (Å²) in [7, 11) is 0. The van der Waals surface area contributed by atoms with Crippen molar-refractivity contribution in [1.29, 1.82) is 0 Å².